The lowest BCUT2D eigenvalue weighted by atomic mass is 10.2. The number of nitrogen functional groups attached to an aromatic ring is 1. The molecule has 0 aliphatic carbocycles. The first-order valence-corrected chi connectivity index (χ1v) is 7.57. The van der Waals surface area contributed by atoms with Gasteiger partial charge in [0.2, 0.25) is 5.91 Å². The minimum absolute atomic E-state index is 0.125. The summed E-state index contributed by atoms with van der Waals surface area (Å²) in [7, 11) is 0. The standard InChI is InChI=1S/C16H17FN2OS/c1-11-2-5-13(6-3-11)21-9-8-16(20)19-15-10-12(18)4-7-14(15)17/h2-7,10H,8-9,18H2,1H3,(H,19,20). The summed E-state index contributed by atoms with van der Waals surface area (Å²) in [4.78, 5) is 12.9. The van der Waals surface area contributed by atoms with Crippen LogP contribution in [0.15, 0.2) is 47.4 Å². The molecule has 2 aromatic carbocycles. The second-order valence-corrected chi connectivity index (χ2v) is 5.87. The Morgan fingerprint density at radius 2 is 1.95 bits per heavy atom. The normalized spacial score (nSPS) is 10.4. The van der Waals surface area contributed by atoms with Crippen LogP contribution in [0.5, 0.6) is 0 Å². The Kier molecular flexibility index (Phi) is 5.22. The molecule has 0 unspecified atom stereocenters. The lowest BCUT2D eigenvalue weighted by Gasteiger charge is -2.07. The van der Waals surface area contributed by atoms with Gasteiger partial charge < -0.3 is 11.1 Å². The van der Waals surface area contributed by atoms with E-state index in [0.717, 1.165) is 4.90 Å². The highest BCUT2D eigenvalue weighted by atomic mass is 32.2. The quantitative estimate of drug-likeness (QED) is 0.652. The fraction of sp³-hybridized carbons (Fsp3) is 0.188. The first-order chi connectivity index (χ1) is 10.0. The summed E-state index contributed by atoms with van der Waals surface area (Å²) in [5.41, 5.74) is 7.32. The molecule has 0 heterocycles. The van der Waals surface area contributed by atoms with Crippen molar-refractivity contribution in [1.82, 2.24) is 0 Å². The molecule has 110 valence electrons. The minimum Gasteiger partial charge on any atom is -0.399 e. The smallest absolute Gasteiger partial charge is 0.225 e. The Labute approximate surface area is 127 Å². The summed E-state index contributed by atoms with van der Waals surface area (Å²) in [5.74, 6) is -0.0680. The number of amides is 1. The van der Waals surface area contributed by atoms with Crippen molar-refractivity contribution in [1.29, 1.82) is 0 Å². The maximum atomic E-state index is 13.5. The third-order valence-corrected chi connectivity index (χ3v) is 3.90. The van der Waals surface area contributed by atoms with Gasteiger partial charge in [-0.3, -0.25) is 4.79 Å². The van der Waals surface area contributed by atoms with Crippen LogP contribution < -0.4 is 11.1 Å². The van der Waals surface area contributed by atoms with Crippen molar-refractivity contribution in [2.24, 2.45) is 0 Å². The topological polar surface area (TPSA) is 55.1 Å². The van der Waals surface area contributed by atoms with E-state index in [0.29, 0.717) is 17.9 Å². The zero-order valence-electron chi connectivity index (χ0n) is 11.7. The third-order valence-electron chi connectivity index (χ3n) is 2.88. The molecule has 21 heavy (non-hydrogen) atoms. The molecular weight excluding hydrogens is 287 g/mol. The molecule has 0 radical (unpaired) electrons. The van der Waals surface area contributed by atoms with E-state index in [4.69, 9.17) is 5.73 Å². The Morgan fingerprint density at radius 3 is 2.67 bits per heavy atom. The molecule has 0 aliphatic heterocycles. The summed E-state index contributed by atoms with van der Waals surface area (Å²) in [6.07, 6.45) is 0.312. The van der Waals surface area contributed by atoms with Crippen molar-refractivity contribution in [2.45, 2.75) is 18.2 Å². The monoisotopic (exact) mass is 304 g/mol. The van der Waals surface area contributed by atoms with E-state index in [2.05, 4.69) is 5.32 Å². The van der Waals surface area contributed by atoms with Gasteiger partial charge in [0.15, 0.2) is 0 Å². The van der Waals surface area contributed by atoms with Crippen LogP contribution in [0.3, 0.4) is 0 Å². The number of hydrogen-bond donors (Lipinski definition) is 2. The first kappa shape index (κ1) is 15.4. The molecule has 0 atom stereocenters. The van der Waals surface area contributed by atoms with Crippen LogP contribution in [-0.4, -0.2) is 11.7 Å². The van der Waals surface area contributed by atoms with Gasteiger partial charge in [-0.25, -0.2) is 4.39 Å². The number of carbonyl (C=O) groups is 1. The molecule has 2 aromatic rings. The highest BCUT2D eigenvalue weighted by Gasteiger charge is 2.07. The zero-order valence-corrected chi connectivity index (χ0v) is 12.5. The van der Waals surface area contributed by atoms with Gasteiger partial charge in [0, 0.05) is 22.8 Å². The average molecular weight is 304 g/mol. The second kappa shape index (κ2) is 7.13. The number of rotatable bonds is 5. The molecule has 0 spiro atoms. The van der Waals surface area contributed by atoms with Crippen molar-refractivity contribution in [3.63, 3.8) is 0 Å². The number of thioether (sulfide) groups is 1. The summed E-state index contributed by atoms with van der Waals surface area (Å²) in [5, 5.41) is 2.54. The highest BCUT2D eigenvalue weighted by Crippen LogP contribution is 2.20. The number of halogens is 1. The lowest BCUT2D eigenvalue weighted by Crippen LogP contribution is -2.13. The van der Waals surface area contributed by atoms with E-state index in [1.54, 1.807) is 11.8 Å². The number of nitrogens with two attached hydrogens (primary N) is 1. The lowest BCUT2D eigenvalue weighted by molar-refractivity contribution is -0.115. The molecule has 2 rings (SSSR count). The van der Waals surface area contributed by atoms with E-state index >= 15 is 0 Å². The molecule has 0 saturated heterocycles. The first-order valence-electron chi connectivity index (χ1n) is 6.59. The molecular formula is C16H17FN2OS. The van der Waals surface area contributed by atoms with Crippen molar-refractivity contribution < 1.29 is 9.18 Å². The molecule has 0 bridgehead atoms. The van der Waals surface area contributed by atoms with Crippen LogP contribution in [0.1, 0.15) is 12.0 Å². The zero-order chi connectivity index (χ0) is 15.2. The molecule has 3 nitrogen and oxygen atoms in total. The molecule has 1 amide bonds. The summed E-state index contributed by atoms with van der Waals surface area (Å²) >= 11 is 1.60. The van der Waals surface area contributed by atoms with Gasteiger partial charge in [0.1, 0.15) is 5.82 Å². The Hall–Kier alpha value is -2.01. The van der Waals surface area contributed by atoms with Gasteiger partial charge >= 0.3 is 0 Å². The van der Waals surface area contributed by atoms with Gasteiger partial charge in [0.05, 0.1) is 5.69 Å². The Morgan fingerprint density at radius 1 is 1.24 bits per heavy atom. The number of anilines is 2. The maximum absolute atomic E-state index is 13.5. The van der Waals surface area contributed by atoms with Gasteiger partial charge in [-0.15, -0.1) is 11.8 Å². The van der Waals surface area contributed by atoms with E-state index in [1.807, 2.05) is 31.2 Å². The number of aryl methyl sites for hydroxylation is 1. The van der Waals surface area contributed by atoms with Crippen LogP contribution in [0.2, 0.25) is 0 Å². The molecule has 0 fully saturated rings. The molecule has 3 N–H and O–H groups in total. The number of hydrogen-bond acceptors (Lipinski definition) is 3. The second-order valence-electron chi connectivity index (χ2n) is 4.70. The fourth-order valence-electron chi connectivity index (χ4n) is 1.75. The van der Waals surface area contributed by atoms with Crippen molar-refractivity contribution in [3.05, 3.63) is 53.8 Å². The van der Waals surface area contributed by atoms with Gasteiger partial charge in [-0.05, 0) is 37.3 Å². The minimum atomic E-state index is -0.483. The molecule has 5 heteroatoms. The maximum Gasteiger partial charge on any atom is 0.225 e. The van der Waals surface area contributed by atoms with Gasteiger partial charge in [0.25, 0.3) is 0 Å². The van der Waals surface area contributed by atoms with Gasteiger partial charge in [-0.2, -0.15) is 0 Å². The highest BCUT2D eigenvalue weighted by molar-refractivity contribution is 7.99. The SMILES string of the molecule is Cc1ccc(SCCC(=O)Nc2cc(N)ccc2F)cc1. The summed E-state index contributed by atoms with van der Waals surface area (Å²) in [6, 6.07) is 12.2. The van der Waals surface area contributed by atoms with Gasteiger partial charge in [-0.1, -0.05) is 17.7 Å². The predicted molar refractivity (Wildman–Crippen MR) is 86.0 cm³/mol. The van der Waals surface area contributed by atoms with Crippen LogP contribution in [0.4, 0.5) is 15.8 Å². The Bertz CT molecular complexity index is 629. The third kappa shape index (κ3) is 4.79. The molecule has 0 aliphatic rings. The molecule has 0 saturated carbocycles. The number of carbonyl (C=O) groups excluding carboxylic acids is 1. The number of benzene rings is 2. The largest absolute Gasteiger partial charge is 0.399 e. The van der Waals surface area contributed by atoms with Crippen LogP contribution in [-0.2, 0) is 4.79 Å². The van der Waals surface area contributed by atoms with E-state index < -0.39 is 5.82 Å². The number of nitrogens with one attached hydrogen (secondary N) is 1. The molecule has 0 aromatic heterocycles. The van der Waals surface area contributed by atoms with E-state index in [-0.39, 0.29) is 11.6 Å². The fourth-order valence-corrected chi connectivity index (χ4v) is 2.60. The van der Waals surface area contributed by atoms with E-state index in [1.165, 1.54) is 23.8 Å². The summed E-state index contributed by atoms with van der Waals surface area (Å²) in [6.45, 7) is 2.03. The van der Waals surface area contributed by atoms with Crippen molar-refractivity contribution >= 4 is 29.0 Å². The van der Waals surface area contributed by atoms with Crippen molar-refractivity contribution in [2.75, 3.05) is 16.8 Å². The van der Waals surface area contributed by atoms with Crippen molar-refractivity contribution in [3.8, 4) is 0 Å². The van der Waals surface area contributed by atoms with Crippen LogP contribution in [0, 0.1) is 12.7 Å². The average Bonchev–Trinajstić information content (AvgIpc) is 2.45. The predicted octanol–water partition coefficient (Wildman–Crippen LogP) is 3.84. The summed E-state index contributed by atoms with van der Waals surface area (Å²) < 4.78 is 13.5. The van der Waals surface area contributed by atoms with E-state index in [9.17, 15) is 9.18 Å². The van der Waals surface area contributed by atoms with Crippen LogP contribution in [0.25, 0.3) is 0 Å². The Balaban J connectivity index is 1.82. The van der Waals surface area contributed by atoms with Crippen LogP contribution >= 0.6 is 11.8 Å².